The molecule has 39 heavy (non-hydrogen) atoms. The molecule has 0 spiro atoms. The summed E-state index contributed by atoms with van der Waals surface area (Å²) in [6.45, 7) is 8.99. The molecule has 0 aliphatic carbocycles. The fraction of sp³-hybridized carbons (Fsp3) is 0.533. The third-order valence-corrected chi connectivity index (χ3v) is 7.78. The largest absolute Gasteiger partial charge is 0.456 e. The molecule has 0 radical (unpaired) electrons. The number of allylic oxidation sites excluding steroid dienone is 6. The van der Waals surface area contributed by atoms with Crippen LogP contribution < -0.4 is 0 Å². The molecule has 1 aromatic rings. The molecule has 9 heteroatoms. The summed E-state index contributed by atoms with van der Waals surface area (Å²) in [6, 6.07) is 0. The van der Waals surface area contributed by atoms with Gasteiger partial charge in [0.25, 0.3) is 0 Å². The maximum atomic E-state index is 13.0. The van der Waals surface area contributed by atoms with Gasteiger partial charge in [0.05, 0.1) is 36.5 Å². The topological polar surface area (TPSA) is 140 Å². The summed E-state index contributed by atoms with van der Waals surface area (Å²) in [4.78, 5) is 17.4. The molecular weight excluding hydrogens is 518 g/mol. The number of carbonyl (C=O) groups excluding carboxylic acids is 1. The number of cyclic esters (lactones) is 1. The second kappa shape index (κ2) is 16.0. The number of nitrogens with zero attached hydrogens (tertiary/aromatic N) is 1. The monoisotopic (exact) mass is 561 g/mol. The van der Waals surface area contributed by atoms with E-state index in [1.54, 1.807) is 30.5 Å². The highest BCUT2D eigenvalue weighted by molar-refractivity contribution is 7.09. The standard InChI is InChI=1S/C30H43NO7S/c1-6-18(2)12-19(3)13-20(4)27(35)28(36)26-11-9-7-8-10-23(33)15-25(34)24(16-32)29-31-22(17-39-29)14-21(5)30(37)38-26/h6-10,12,14,17,20,23-28,32-36H,11,13,15-16H2,1-5H3/b9-7-,10-8+,18-6+,19-12+,21-14+/t20-,23+,24+,25-,26-,27+,28+/m0/s1. The Bertz CT molecular complexity index is 1090. The zero-order chi connectivity index (χ0) is 29.1. The summed E-state index contributed by atoms with van der Waals surface area (Å²) in [5, 5.41) is 54.9. The maximum absolute atomic E-state index is 13.0. The van der Waals surface area contributed by atoms with Gasteiger partial charge in [-0.1, -0.05) is 54.5 Å². The first-order valence-corrected chi connectivity index (χ1v) is 14.2. The number of rotatable bonds is 7. The maximum Gasteiger partial charge on any atom is 0.334 e. The number of aromatic nitrogens is 1. The van der Waals surface area contributed by atoms with Gasteiger partial charge in [-0.2, -0.15) is 0 Å². The quantitative estimate of drug-likeness (QED) is 0.250. The minimum atomic E-state index is -1.33. The van der Waals surface area contributed by atoms with Gasteiger partial charge in [0.2, 0.25) is 0 Å². The number of hydrogen-bond acceptors (Lipinski definition) is 9. The highest BCUT2D eigenvalue weighted by atomic mass is 32.1. The molecule has 1 aliphatic heterocycles. The first-order chi connectivity index (χ1) is 18.5. The first-order valence-electron chi connectivity index (χ1n) is 13.3. The molecule has 0 saturated heterocycles. The van der Waals surface area contributed by atoms with Crippen molar-refractivity contribution < 1.29 is 35.1 Å². The molecule has 216 valence electrons. The second-order valence-electron chi connectivity index (χ2n) is 10.3. The molecule has 0 unspecified atom stereocenters. The molecular formula is C30H43NO7S. The van der Waals surface area contributed by atoms with Gasteiger partial charge in [0.15, 0.2) is 0 Å². The number of thiazole rings is 1. The van der Waals surface area contributed by atoms with Crippen molar-refractivity contribution in [2.24, 2.45) is 5.92 Å². The van der Waals surface area contributed by atoms with Crippen molar-refractivity contribution >= 4 is 23.4 Å². The fourth-order valence-electron chi connectivity index (χ4n) is 4.36. The van der Waals surface area contributed by atoms with Crippen LogP contribution in [0, 0.1) is 5.92 Å². The van der Waals surface area contributed by atoms with E-state index in [1.807, 2.05) is 39.8 Å². The first kappa shape index (κ1) is 32.8. The predicted octanol–water partition coefficient (Wildman–Crippen LogP) is 3.82. The van der Waals surface area contributed by atoms with E-state index in [0.29, 0.717) is 17.1 Å². The summed E-state index contributed by atoms with van der Waals surface area (Å²) >= 11 is 1.24. The lowest BCUT2D eigenvalue weighted by Gasteiger charge is -2.30. The van der Waals surface area contributed by atoms with Crippen molar-refractivity contribution in [2.45, 2.75) is 90.3 Å². The number of esters is 1. The van der Waals surface area contributed by atoms with E-state index in [9.17, 15) is 30.3 Å². The van der Waals surface area contributed by atoms with Gasteiger partial charge in [0.1, 0.15) is 17.2 Å². The molecule has 0 saturated carbocycles. The van der Waals surface area contributed by atoms with E-state index in [2.05, 4.69) is 4.98 Å². The van der Waals surface area contributed by atoms with Gasteiger partial charge in [-0.25, -0.2) is 9.78 Å². The Hall–Kier alpha value is -2.40. The molecule has 0 fully saturated rings. The van der Waals surface area contributed by atoms with Crippen LogP contribution in [0.3, 0.4) is 0 Å². The Kier molecular flexibility index (Phi) is 13.5. The molecule has 2 bridgehead atoms. The van der Waals surface area contributed by atoms with Gasteiger partial charge in [-0.15, -0.1) is 11.3 Å². The fourth-order valence-corrected chi connectivity index (χ4v) is 5.29. The molecule has 2 heterocycles. The summed E-state index contributed by atoms with van der Waals surface area (Å²) in [7, 11) is 0. The molecule has 7 atom stereocenters. The smallest absolute Gasteiger partial charge is 0.334 e. The van der Waals surface area contributed by atoms with Gasteiger partial charge < -0.3 is 30.3 Å². The Balaban J connectivity index is 2.32. The van der Waals surface area contributed by atoms with Crippen molar-refractivity contribution in [3.63, 3.8) is 0 Å². The Morgan fingerprint density at radius 3 is 2.64 bits per heavy atom. The zero-order valence-corrected chi connectivity index (χ0v) is 24.2. The summed E-state index contributed by atoms with van der Waals surface area (Å²) in [5.41, 5.74) is 2.88. The van der Waals surface area contributed by atoms with E-state index < -0.39 is 42.4 Å². The predicted molar refractivity (Wildman–Crippen MR) is 154 cm³/mol. The van der Waals surface area contributed by atoms with Gasteiger partial charge in [-0.05, 0) is 46.1 Å². The second-order valence-corrected chi connectivity index (χ2v) is 11.2. The number of aliphatic hydroxyl groups is 5. The lowest BCUT2D eigenvalue weighted by Crippen LogP contribution is -2.43. The summed E-state index contributed by atoms with van der Waals surface area (Å²) < 4.78 is 5.67. The normalized spacial score (nSPS) is 29.4. The van der Waals surface area contributed by atoms with Crippen LogP contribution in [0.5, 0.6) is 0 Å². The van der Waals surface area contributed by atoms with E-state index in [0.717, 1.165) is 11.1 Å². The Morgan fingerprint density at radius 2 is 1.97 bits per heavy atom. The van der Waals surface area contributed by atoms with Crippen LogP contribution in [-0.4, -0.2) is 73.6 Å². The molecule has 2 rings (SSSR count). The molecule has 8 nitrogen and oxygen atoms in total. The lowest BCUT2D eigenvalue weighted by molar-refractivity contribution is -0.156. The number of aliphatic hydroxyl groups excluding tert-OH is 5. The lowest BCUT2D eigenvalue weighted by atomic mass is 9.89. The van der Waals surface area contributed by atoms with Crippen LogP contribution in [0.1, 0.15) is 70.5 Å². The van der Waals surface area contributed by atoms with Crippen molar-refractivity contribution in [2.75, 3.05) is 6.61 Å². The average molecular weight is 562 g/mol. The van der Waals surface area contributed by atoms with Crippen LogP contribution in [0.4, 0.5) is 0 Å². The van der Waals surface area contributed by atoms with Crippen molar-refractivity contribution in [3.8, 4) is 0 Å². The van der Waals surface area contributed by atoms with Crippen LogP contribution in [0.2, 0.25) is 0 Å². The summed E-state index contributed by atoms with van der Waals surface area (Å²) in [5.74, 6) is -1.63. The van der Waals surface area contributed by atoms with E-state index in [1.165, 1.54) is 23.5 Å². The average Bonchev–Trinajstić information content (AvgIpc) is 3.34. The van der Waals surface area contributed by atoms with E-state index in [4.69, 9.17) is 4.74 Å². The van der Waals surface area contributed by atoms with Gasteiger partial charge >= 0.3 is 5.97 Å². The molecule has 1 aromatic heterocycles. The third-order valence-electron chi connectivity index (χ3n) is 6.78. The van der Waals surface area contributed by atoms with Gasteiger partial charge in [0, 0.05) is 23.8 Å². The van der Waals surface area contributed by atoms with Crippen LogP contribution in [0.15, 0.2) is 58.6 Å². The molecule has 0 aromatic carbocycles. The molecule has 1 aliphatic rings. The Labute approximate surface area is 235 Å². The number of ether oxygens (including phenoxy) is 1. The van der Waals surface area contributed by atoms with Crippen molar-refractivity contribution in [1.82, 2.24) is 4.98 Å². The minimum Gasteiger partial charge on any atom is -0.456 e. The van der Waals surface area contributed by atoms with Gasteiger partial charge in [-0.3, -0.25) is 0 Å². The van der Waals surface area contributed by atoms with E-state index >= 15 is 0 Å². The van der Waals surface area contributed by atoms with E-state index in [-0.39, 0.29) is 30.9 Å². The van der Waals surface area contributed by atoms with Crippen molar-refractivity contribution in [1.29, 1.82) is 0 Å². The van der Waals surface area contributed by atoms with Crippen LogP contribution in [-0.2, 0) is 9.53 Å². The summed E-state index contributed by atoms with van der Waals surface area (Å²) in [6.07, 6.45) is 7.21. The SMILES string of the molecule is C/C=C(C)/C=C(\C)C[C@H](C)[C@@H](O)[C@H](O)[C@@H]1C/C=C\C=C\[C@@H](O)C[C@H](O)[C@@H](CO)c2nc(cs2)/C=C(\C)C(=O)O1. The molecule has 5 N–H and O–H groups in total. The van der Waals surface area contributed by atoms with Crippen LogP contribution in [0.25, 0.3) is 6.08 Å². The number of fused-ring (bicyclic) bond motifs is 2. The van der Waals surface area contributed by atoms with Crippen LogP contribution >= 0.6 is 11.3 Å². The Morgan fingerprint density at radius 1 is 1.26 bits per heavy atom. The number of hydrogen-bond donors (Lipinski definition) is 5. The van der Waals surface area contributed by atoms with Crippen molar-refractivity contribution in [3.05, 3.63) is 69.3 Å². The number of carbonyl (C=O) groups is 1. The third kappa shape index (κ3) is 10.3. The molecule has 0 amide bonds. The zero-order valence-electron chi connectivity index (χ0n) is 23.4. The highest BCUT2D eigenvalue weighted by Crippen LogP contribution is 2.27. The highest BCUT2D eigenvalue weighted by Gasteiger charge is 2.32. The minimum absolute atomic E-state index is 0.00774.